The van der Waals surface area contributed by atoms with Gasteiger partial charge in [0.15, 0.2) is 17.1 Å². The molecule has 4 aliphatic rings. The Balaban J connectivity index is 1.60. The summed E-state index contributed by atoms with van der Waals surface area (Å²) in [4.78, 5) is 54.8. The molecule has 2 fully saturated rings. The number of fused-ring (bicyclic) bond motifs is 3. The lowest BCUT2D eigenvalue weighted by Crippen LogP contribution is -2.65. The third-order valence-corrected chi connectivity index (χ3v) is 8.51. The van der Waals surface area contributed by atoms with Gasteiger partial charge < -0.3 is 31.5 Å². The maximum atomic E-state index is 15.4. The Morgan fingerprint density at radius 2 is 1.85 bits per heavy atom. The Bertz CT molecular complexity index is 1410. The van der Waals surface area contributed by atoms with Crippen LogP contribution in [0.2, 0.25) is 0 Å². The van der Waals surface area contributed by atoms with Crippen LogP contribution in [0.3, 0.4) is 0 Å². The van der Waals surface area contributed by atoms with Crippen molar-refractivity contribution in [3.05, 3.63) is 39.9 Å². The smallest absolute Gasteiger partial charge is 0.255 e. The third-order valence-electron chi connectivity index (χ3n) is 8.51. The number of carbonyl (C=O) groups excluding carboxylic acids is 4. The molecule has 1 aromatic rings. The highest BCUT2D eigenvalue weighted by atomic mass is 19.1. The van der Waals surface area contributed by atoms with Crippen LogP contribution in [0.1, 0.15) is 30.4 Å². The summed E-state index contributed by atoms with van der Waals surface area (Å²) in [5.41, 5.74) is 0.362. The summed E-state index contributed by atoms with van der Waals surface area (Å²) < 4.78 is 15.4. The number of phenolic OH excluding ortho intramolecular Hbond substituents is 1. The Hall–Kier alpha value is -3.81. The number of halogens is 1. The molecule has 0 unspecified atom stereocenters. The van der Waals surface area contributed by atoms with Gasteiger partial charge in [0.25, 0.3) is 5.91 Å². The number of likely N-dealkylation sites (N-methyl/N-ethyl adjacent to an activating group) is 1. The number of rotatable bonds is 5. The van der Waals surface area contributed by atoms with Crippen LogP contribution < -0.4 is 11.1 Å². The Morgan fingerprint density at radius 3 is 2.45 bits per heavy atom. The van der Waals surface area contributed by atoms with Gasteiger partial charge in [-0.2, -0.15) is 0 Å². The second kappa shape index (κ2) is 9.68. The molecule has 3 aliphatic carbocycles. The molecule has 0 radical (unpaired) electrons. The van der Waals surface area contributed by atoms with Crippen LogP contribution in [0, 0.1) is 17.7 Å². The molecule has 2 amide bonds. The van der Waals surface area contributed by atoms with Crippen LogP contribution in [-0.2, 0) is 25.6 Å². The Morgan fingerprint density at radius 1 is 1.20 bits per heavy atom. The molecule has 4 atom stereocenters. The van der Waals surface area contributed by atoms with E-state index >= 15 is 4.39 Å². The summed E-state index contributed by atoms with van der Waals surface area (Å²) in [6.45, 7) is 1.49. The van der Waals surface area contributed by atoms with Gasteiger partial charge in [-0.25, -0.2) is 4.39 Å². The number of nitrogens with zero attached hydrogens (tertiary/aromatic N) is 2. The highest BCUT2D eigenvalue weighted by Crippen LogP contribution is 2.53. The minimum Gasteiger partial charge on any atom is -0.508 e. The SMILES string of the molecule is CN(C)[C@@H]1C(=O)C(C(N)=O)=C(O)[C@@]2(O)C(=O)C3=C(O)c4c(O)c(NC(=O)CN5CCCC5)cc(F)c4C[C@@H]3C[C@@H]12. The standard InChI is InChI=1S/C27H31FN4O8/c1-31(2)20-13-8-11-7-12-14(28)9-15(30-16(33)10-32-5-3-4-6-32)21(34)18(12)22(35)17(11)24(37)27(13,40)25(38)19(23(20)36)26(29)39/h9,11,13,20,34-35,38,40H,3-8,10H2,1-2H3,(H2,29,39)(H,30,33)/t11-,13+,20+,27+/m1/s1. The fourth-order valence-corrected chi connectivity index (χ4v) is 6.69. The van der Waals surface area contributed by atoms with Crippen molar-refractivity contribution in [2.45, 2.75) is 37.3 Å². The number of aliphatic hydroxyl groups is 3. The second-order valence-electron chi connectivity index (χ2n) is 11.1. The molecule has 5 rings (SSSR count). The number of phenols is 1. The van der Waals surface area contributed by atoms with Crippen molar-refractivity contribution in [3.8, 4) is 5.75 Å². The number of Topliss-reactive ketones (excluding diaryl/α,β-unsaturated/α-hetero) is 2. The summed E-state index contributed by atoms with van der Waals surface area (Å²) in [5, 5.41) is 47.2. The number of primary amides is 1. The zero-order chi connectivity index (χ0) is 29.3. The number of likely N-dealkylation sites (tertiary alicyclic amines) is 1. The van der Waals surface area contributed by atoms with Gasteiger partial charge in [0.05, 0.1) is 23.8 Å². The van der Waals surface area contributed by atoms with Gasteiger partial charge in [-0.3, -0.25) is 29.0 Å². The summed E-state index contributed by atoms with van der Waals surface area (Å²) in [6.07, 6.45) is 1.56. The van der Waals surface area contributed by atoms with Crippen molar-refractivity contribution in [1.82, 2.24) is 9.80 Å². The summed E-state index contributed by atoms with van der Waals surface area (Å²) >= 11 is 0. The molecular weight excluding hydrogens is 527 g/mol. The van der Waals surface area contributed by atoms with E-state index in [9.17, 15) is 39.6 Å². The van der Waals surface area contributed by atoms with Crippen LogP contribution in [0.15, 0.2) is 23.0 Å². The molecule has 214 valence electrons. The number of aliphatic hydroxyl groups excluding tert-OH is 2. The van der Waals surface area contributed by atoms with Crippen LogP contribution in [0.25, 0.3) is 5.76 Å². The van der Waals surface area contributed by atoms with Gasteiger partial charge >= 0.3 is 0 Å². The van der Waals surface area contributed by atoms with Crippen LogP contribution in [0.5, 0.6) is 5.75 Å². The van der Waals surface area contributed by atoms with E-state index in [0.717, 1.165) is 32.0 Å². The summed E-state index contributed by atoms with van der Waals surface area (Å²) in [6, 6.07) is -0.292. The minimum atomic E-state index is -2.79. The number of anilines is 1. The Labute approximate surface area is 228 Å². The van der Waals surface area contributed by atoms with E-state index in [1.807, 2.05) is 4.90 Å². The van der Waals surface area contributed by atoms with E-state index in [-0.39, 0.29) is 30.6 Å². The van der Waals surface area contributed by atoms with E-state index in [1.54, 1.807) is 0 Å². The molecule has 0 aromatic heterocycles. The van der Waals surface area contributed by atoms with Crippen LogP contribution in [-0.4, -0.2) is 99.0 Å². The molecule has 1 aromatic carbocycles. The van der Waals surface area contributed by atoms with Crippen LogP contribution >= 0.6 is 0 Å². The molecule has 1 heterocycles. The topological polar surface area (TPSA) is 194 Å². The number of hydrogen-bond acceptors (Lipinski definition) is 10. The van der Waals surface area contributed by atoms with Crippen LogP contribution in [0.4, 0.5) is 10.1 Å². The molecule has 40 heavy (non-hydrogen) atoms. The molecule has 1 aliphatic heterocycles. The normalized spacial score (nSPS) is 28.5. The molecule has 1 saturated carbocycles. The molecule has 12 nitrogen and oxygen atoms in total. The summed E-state index contributed by atoms with van der Waals surface area (Å²) in [5.74, 6) is -9.61. The number of nitrogens with one attached hydrogen (secondary N) is 1. The van der Waals surface area contributed by atoms with Gasteiger partial charge in [0.2, 0.25) is 11.7 Å². The van der Waals surface area contributed by atoms with E-state index in [4.69, 9.17) is 5.73 Å². The number of carbonyl (C=O) groups is 4. The first-order chi connectivity index (χ1) is 18.8. The van der Waals surface area contributed by atoms with Gasteiger partial charge in [0, 0.05) is 23.1 Å². The summed E-state index contributed by atoms with van der Waals surface area (Å²) in [7, 11) is 2.98. The van der Waals surface area contributed by atoms with E-state index in [0.29, 0.717) is 0 Å². The van der Waals surface area contributed by atoms with Crippen molar-refractivity contribution >= 4 is 34.8 Å². The maximum absolute atomic E-state index is 15.4. The predicted molar refractivity (Wildman–Crippen MR) is 139 cm³/mol. The lowest BCUT2D eigenvalue weighted by Gasteiger charge is -2.50. The Kier molecular flexibility index (Phi) is 6.71. The lowest BCUT2D eigenvalue weighted by atomic mass is 9.57. The lowest BCUT2D eigenvalue weighted by molar-refractivity contribution is -0.153. The monoisotopic (exact) mass is 558 g/mol. The molecule has 7 N–H and O–H groups in total. The average Bonchev–Trinajstić information content (AvgIpc) is 3.37. The number of hydrogen-bond donors (Lipinski definition) is 6. The molecule has 13 heteroatoms. The first kappa shape index (κ1) is 27.7. The number of aromatic hydroxyl groups is 1. The highest BCUT2D eigenvalue weighted by molar-refractivity contribution is 6.24. The third kappa shape index (κ3) is 3.99. The number of amides is 2. The van der Waals surface area contributed by atoms with E-state index in [2.05, 4.69) is 5.32 Å². The first-order valence-corrected chi connectivity index (χ1v) is 13.0. The zero-order valence-corrected chi connectivity index (χ0v) is 22.0. The fourth-order valence-electron chi connectivity index (χ4n) is 6.69. The van der Waals surface area contributed by atoms with Crippen molar-refractivity contribution in [2.24, 2.45) is 17.6 Å². The minimum absolute atomic E-state index is 0.0275. The molecule has 1 saturated heterocycles. The van der Waals surface area contributed by atoms with Crippen molar-refractivity contribution in [2.75, 3.05) is 39.0 Å². The van der Waals surface area contributed by atoms with E-state index in [1.165, 1.54) is 19.0 Å². The van der Waals surface area contributed by atoms with Gasteiger partial charge in [-0.05, 0) is 58.8 Å². The number of ketones is 2. The number of benzene rings is 1. The fraction of sp³-hybridized carbons (Fsp3) is 0.481. The van der Waals surface area contributed by atoms with Gasteiger partial charge in [-0.1, -0.05) is 0 Å². The first-order valence-electron chi connectivity index (χ1n) is 13.0. The largest absolute Gasteiger partial charge is 0.508 e. The van der Waals surface area contributed by atoms with Crippen molar-refractivity contribution < 1.29 is 44.0 Å². The quantitative estimate of drug-likeness (QED) is 0.214. The van der Waals surface area contributed by atoms with Gasteiger partial charge in [0.1, 0.15) is 22.9 Å². The molecule has 0 bridgehead atoms. The zero-order valence-electron chi connectivity index (χ0n) is 22.0. The van der Waals surface area contributed by atoms with E-state index < -0.39 is 86.7 Å². The van der Waals surface area contributed by atoms with Crippen molar-refractivity contribution in [1.29, 1.82) is 0 Å². The highest BCUT2D eigenvalue weighted by Gasteiger charge is 2.64. The average molecular weight is 559 g/mol. The van der Waals surface area contributed by atoms with Crippen molar-refractivity contribution in [3.63, 3.8) is 0 Å². The maximum Gasteiger partial charge on any atom is 0.255 e. The molecular formula is C27H31FN4O8. The molecule has 0 spiro atoms. The van der Waals surface area contributed by atoms with Gasteiger partial charge in [-0.15, -0.1) is 0 Å². The number of nitrogens with two attached hydrogens (primary N) is 1. The second-order valence-corrected chi connectivity index (χ2v) is 11.1. The predicted octanol–water partition coefficient (Wildman–Crippen LogP) is 0.137.